The molecule has 2 heteroatoms. The fourth-order valence-corrected chi connectivity index (χ4v) is 11.5. The van der Waals surface area contributed by atoms with Crippen molar-refractivity contribution in [3.63, 3.8) is 0 Å². The molecule has 6 aromatic rings. The fraction of sp³-hybridized carbons (Fsp3) is 0.333. The summed E-state index contributed by atoms with van der Waals surface area (Å²) in [4.78, 5) is 0. The summed E-state index contributed by atoms with van der Waals surface area (Å²) in [6.45, 7) is 10.5. The molecule has 0 spiro atoms. The molecule has 0 aliphatic heterocycles. The van der Waals surface area contributed by atoms with Crippen molar-refractivity contribution < 1.29 is 9.47 Å². The second kappa shape index (κ2) is 17.1. The molecular formula is C60H58O2. The van der Waals surface area contributed by atoms with Crippen LogP contribution in [0.3, 0.4) is 0 Å². The number of benzene rings is 6. The number of terminal acetylenes is 1. The highest BCUT2D eigenvalue weighted by Crippen LogP contribution is 2.64. The lowest BCUT2D eigenvalue weighted by molar-refractivity contribution is 0.227. The Morgan fingerprint density at radius 3 is 1.24 bits per heavy atom. The Morgan fingerprint density at radius 2 is 0.871 bits per heavy atom. The summed E-state index contributed by atoms with van der Waals surface area (Å²) in [7, 11) is 0. The average Bonchev–Trinajstić information content (AvgIpc) is 3.33. The first kappa shape index (κ1) is 40.1. The maximum absolute atomic E-state index is 6.86. The van der Waals surface area contributed by atoms with E-state index in [2.05, 4.69) is 161 Å². The molecule has 62 heavy (non-hydrogen) atoms. The SMILES string of the molecule is C#Cc1c2c(c(C#Cc3cc(OCC(CC)CCCC)ccc3OCC(CC)CCCC)c3c1C1c4ccccc4C3c3ccccc31)C1c3ccccc3C2c2ccccc21. The van der Waals surface area contributed by atoms with Gasteiger partial charge in [-0.15, -0.1) is 6.42 Å². The van der Waals surface area contributed by atoms with Crippen molar-refractivity contribution in [2.75, 3.05) is 13.2 Å². The van der Waals surface area contributed by atoms with Crippen LogP contribution in [0.1, 0.15) is 186 Å². The van der Waals surface area contributed by atoms with Crippen LogP contribution in [-0.4, -0.2) is 13.2 Å². The van der Waals surface area contributed by atoms with Gasteiger partial charge >= 0.3 is 0 Å². The van der Waals surface area contributed by atoms with Crippen molar-refractivity contribution in [3.8, 4) is 35.7 Å². The van der Waals surface area contributed by atoms with Crippen molar-refractivity contribution in [1.82, 2.24) is 0 Å². The van der Waals surface area contributed by atoms with E-state index in [1.54, 1.807) is 0 Å². The Labute approximate surface area is 370 Å². The fourth-order valence-electron chi connectivity index (χ4n) is 11.5. The van der Waals surface area contributed by atoms with Crippen LogP contribution < -0.4 is 9.47 Å². The molecule has 0 heterocycles. The summed E-state index contributed by atoms with van der Waals surface area (Å²) in [5, 5.41) is 0. The van der Waals surface area contributed by atoms with Gasteiger partial charge in [-0.05, 0) is 110 Å². The topological polar surface area (TPSA) is 18.5 Å². The predicted molar refractivity (Wildman–Crippen MR) is 254 cm³/mol. The van der Waals surface area contributed by atoms with E-state index in [0.717, 1.165) is 41.0 Å². The lowest BCUT2D eigenvalue weighted by Gasteiger charge is -2.48. The van der Waals surface area contributed by atoms with Crippen LogP contribution >= 0.6 is 0 Å². The lowest BCUT2D eigenvalue weighted by Crippen LogP contribution is -2.35. The maximum atomic E-state index is 6.86. The van der Waals surface area contributed by atoms with E-state index >= 15 is 0 Å². The molecule has 6 aliphatic carbocycles. The maximum Gasteiger partial charge on any atom is 0.135 e. The molecule has 6 aromatic carbocycles. The van der Waals surface area contributed by atoms with Gasteiger partial charge in [0.25, 0.3) is 0 Å². The minimum absolute atomic E-state index is 0.0124. The molecule has 0 radical (unpaired) electrons. The van der Waals surface area contributed by atoms with E-state index < -0.39 is 0 Å². The third-order valence-electron chi connectivity index (χ3n) is 14.7. The van der Waals surface area contributed by atoms with Crippen LogP contribution in [0.5, 0.6) is 11.5 Å². The zero-order chi connectivity index (χ0) is 42.3. The van der Waals surface area contributed by atoms with Crippen LogP contribution in [0.4, 0.5) is 0 Å². The summed E-state index contributed by atoms with van der Waals surface area (Å²) < 4.78 is 13.4. The van der Waals surface area contributed by atoms with Crippen molar-refractivity contribution in [2.45, 2.75) is 103 Å². The highest BCUT2D eigenvalue weighted by Gasteiger charge is 2.50. The largest absolute Gasteiger partial charge is 0.493 e. The number of hydrogen-bond acceptors (Lipinski definition) is 2. The van der Waals surface area contributed by atoms with Crippen LogP contribution in [-0.2, 0) is 0 Å². The quantitative estimate of drug-likeness (QED) is 0.102. The normalized spacial score (nSPS) is 18.7. The zero-order valence-corrected chi connectivity index (χ0v) is 36.9. The lowest BCUT2D eigenvalue weighted by atomic mass is 9.53. The van der Waals surface area contributed by atoms with E-state index in [9.17, 15) is 0 Å². The van der Waals surface area contributed by atoms with Gasteiger partial charge in [-0.25, -0.2) is 0 Å². The van der Waals surface area contributed by atoms with Gasteiger partial charge in [0.2, 0.25) is 0 Å². The van der Waals surface area contributed by atoms with Crippen molar-refractivity contribution >= 4 is 0 Å². The van der Waals surface area contributed by atoms with Crippen LogP contribution in [0.15, 0.2) is 115 Å². The van der Waals surface area contributed by atoms with Gasteiger partial charge in [0.05, 0.1) is 18.8 Å². The number of unbranched alkanes of at least 4 members (excludes halogenated alkanes) is 2. The molecule has 0 saturated carbocycles. The number of rotatable bonds is 14. The van der Waals surface area contributed by atoms with Gasteiger partial charge in [-0.2, -0.15) is 0 Å². The highest BCUT2D eigenvalue weighted by atomic mass is 16.5. The van der Waals surface area contributed by atoms with E-state index in [1.165, 1.54) is 105 Å². The third kappa shape index (κ3) is 6.58. The molecule has 12 rings (SSSR count). The molecule has 0 fully saturated rings. The summed E-state index contributed by atoms with van der Waals surface area (Å²) in [5.74, 6) is 14.0. The van der Waals surface area contributed by atoms with Crippen LogP contribution in [0.25, 0.3) is 0 Å². The summed E-state index contributed by atoms with van der Waals surface area (Å²) in [5.41, 5.74) is 19.1. The Bertz CT molecular complexity index is 2550. The molecule has 6 aliphatic rings. The monoisotopic (exact) mass is 810 g/mol. The minimum atomic E-state index is 0.0124. The van der Waals surface area contributed by atoms with E-state index in [4.69, 9.17) is 15.9 Å². The highest BCUT2D eigenvalue weighted by molar-refractivity contribution is 5.82. The van der Waals surface area contributed by atoms with Gasteiger partial charge in [-0.3, -0.25) is 0 Å². The molecule has 0 saturated heterocycles. The molecule has 4 bridgehead atoms. The molecule has 2 nitrogen and oxygen atoms in total. The third-order valence-corrected chi connectivity index (χ3v) is 14.7. The van der Waals surface area contributed by atoms with Gasteiger partial charge in [0.1, 0.15) is 11.5 Å². The van der Waals surface area contributed by atoms with Crippen LogP contribution in [0.2, 0.25) is 0 Å². The van der Waals surface area contributed by atoms with Crippen molar-refractivity contribution in [2.24, 2.45) is 11.8 Å². The average molecular weight is 811 g/mol. The smallest absolute Gasteiger partial charge is 0.135 e. The zero-order valence-electron chi connectivity index (χ0n) is 36.9. The molecule has 2 atom stereocenters. The Morgan fingerprint density at radius 1 is 0.484 bits per heavy atom. The summed E-state index contributed by atoms with van der Waals surface area (Å²) in [6, 6.07) is 42.6. The van der Waals surface area contributed by atoms with Gasteiger partial charge in [-0.1, -0.05) is 181 Å². The van der Waals surface area contributed by atoms with E-state index in [-0.39, 0.29) is 23.7 Å². The second-order valence-corrected chi connectivity index (χ2v) is 18.2. The molecule has 0 amide bonds. The molecule has 2 unspecified atom stereocenters. The summed E-state index contributed by atoms with van der Waals surface area (Å²) in [6.07, 6.45) is 16.2. The molecule has 0 aromatic heterocycles. The Balaban J connectivity index is 1.21. The minimum Gasteiger partial charge on any atom is -0.493 e. The number of ether oxygens (including phenoxy) is 2. The Hall–Kier alpha value is -5.96. The first-order valence-corrected chi connectivity index (χ1v) is 23.6. The van der Waals surface area contributed by atoms with E-state index in [1.807, 2.05) is 0 Å². The predicted octanol–water partition coefficient (Wildman–Crippen LogP) is 14.2. The van der Waals surface area contributed by atoms with E-state index in [0.29, 0.717) is 25.0 Å². The van der Waals surface area contributed by atoms with Crippen molar-refractivity contribution in [3.05, 3.63) is 199 Å². The second-order valence-electron chi connectivity index (χ2n) is 18.2. The Kier molecular flexibility index (Phi) is 11.0. The number of hydrogen-bond donors (Lipinski definition) is 0. The van der Waals surface area contributed by atoms with Gasteiger partial charge < -0.3 is 9.47 Å². The summed E-state index contributed by atoms with van der Waals surface area (Å²) >= 11 is 0. The molecule has 310 valence electrons. The van der Waals surface area contributed by atoms with Gasteiger partial charge in [0, 0.05) is 34.8 Å². The molecular weight excluding hydrogens is 753 g/mol. The van der Waals surface area contributed by atoms with Gasteiger partial charge in [0.15, 0.2) is 0 Å². The van der Waals surface area contributed by atoms with Crippen molar-refractivity contribution in [1.29, 1.82) is 0 Å². The first-order chi connectivity index (χ1) is 30.6. The van der Waals surface area contributed by atoms with Crippen LogP contribution in [0, 0.1) is 36.0 Å². The molecule has 0 N–H and O–H groups in total. The first-order valence-electron chi connectivity index (χ1n) is 23.6. The standard InChI is InChI=1S/C60H58O2/c1-6-11-21-38(8-3)36-61-41-32-34-52(62-37-39(9-4)22-12-7-2)40(35-41)31-33-51-59-55-47-27-17-13-23-43(47)53(44-24-14-18-28-48(44)55)57(59)42(10-5)58-54-45-25-15-19-29-49(45)56(60(51)58)50-30-20-16-26-46(50)54/h5,13-20,23-30,32,34-35,38-39,53-56H,6-9,11-12,21-22,36-37H2,1-4H3.